The van der Waals surface area contributed by atoms with Crippen LogP contribution in [-0.2, 0) is 16.0 Å². The number of aromatic nitrogens is 1. The van der Waals surface area contributed by atoms with Gasteiger partial charge in [-0.2, -0.15) is 0 Å². The molecule has 0 saturated carbocycles. The van der Waals surface area contributed by atoms with Crippen molar-refractivity contribution >= 4 is 17.6 Å². The van der Waals surface area contributed by atoms with Crippen molar-refractivity contribution in [3.63, 3.8) is 0 Å². The van der Waals surface area contributed by atoms with Gasteiger partial charge in [-0.3, -0.25) is 14.6 Å². The molecule has 1 unspecified atom stereocenters. The summed E-state index contributed by atoms with van der Waals surface area (Å²) in [6.07, 6.45) is 1.94. The number of amides is 1. The van der Waals surface area contributed by atoms with Gasteiger partial charge in [-0.25, -0.2) is 0 Å². The molecule has 0 bridgehead atoms. The highest BCUT2D eigenvalue weighted by atomic mass is 16.4. The average molecular weight is 251 g/mol. The van der Waals surface area contributed by atoms with Crippen molar-refractivity contribution < 1.29 is 14.7 Å². The molecule has 6 heteroatoms. The van der Waals surface area contributed by atoms with E-state index in [0.29, 0.717) is 24.3 Å². The summed E-state index contributed by atoms with van der Waals surface area (Å²) in [5, 5.41) is 11.3. The molecule has 4 N–H and O–H groups in total. The van der Waals surface area contributed by atoms with Crippen LogP contribution < -0.4 is 11.1 Å². The molecule has 18 heavy (non-hydrogen) atoms. The zero-order valence-electron chi connectivity index (χ0n) is 10.2. The largest absolute Gasteiger partial charge is 0.481 e. The maximum Gasteiger partial charge on any atom is 0.309 e. The molecule has 0 aromatic carbocycles. The van der Waals surface area contributed by atoms with Gasteiger partial charge in [-0.05, 0) is 25.1 Å². The minimum Gasteiger partial charge on any atom is -0.481 e. The lowest BCUT2D eigenvalue weighted by atomic mass is 10.1. The van der Waals surface area contributed by atoms with E-state index in [0.717, 1.165) is 0 Å². The van der Waals surface area contributed by atoms with Crippen molar-refractivity contribution in [1.29, 1.82) is 0 Å². The Labute approximate surface area is 105 Å². The van der Waals surface area contributed by atoms with Crippen molar-refractivity contribution in [2.45, 2.75) is 19.8 Å². The normalized spacial score (nSPS) is 11.9. The van der Waals surface area contributed by atoms with E-state index in [2.05, 4.69) is 10.3 Å². The molecule has 0 fully saturated rings. The molecule has 1 heterocycles. The number of pyridine rings is 1. The molecule has 98 valence electrons. The van der Waals surface area contributed by atoms with Crippen molar-refractivity contribution in [3.05, 3.63) is 24.0 Å². The number of carboxylic acid groups (broad SMARTS) is 1. The van der Waals surface area contributed by atoms with Gasteiger partial charge in [-0.15, -0.1) is 0 Å². The molecule has 1 rings (SSSR count). The Morgan fingerprint density at radius 3 is 2.72 bits per heavy atom. The summed E-state index contributed by atoms with van der Waals surface area (Å²) < 4.78 is 0. The van der Waals surface area contributed by atoms with E-state index in [1.54, 1.807) is 19.1 Å². The van der Waals surface area contributed by atoms with Crippen LogP contribution in [0.3, 0.4) is 0 Å². The summed E-state index contributed by atoms with van der Waals surface area (Å²) >= 11 is 0. The summed E-state index contributed by atoms with van der Waals surface area (Å²) in [6, 6.07) is 3.22. The van der Waals surface area contributed by atoms with Crippen molar-refractivity contribution in [2.75, 3.05) is 11.9 Å². The molecule has 0 spiro atoms. The van der Waals surface area contributed by atoms with E-state index < -0.39 is 5.97 Å². The zero-order chi connectivity index (χ0) is 13.5. The van der Waals surface area contributed by atoms with E-state index in [4.69, 9.17) is 10.8 Å². The zero-order valence-corrected chi connectivity index (χ0v) is 10.2. The van der Waals surface area contributed by atoms with Crippen molar-refractivity contribution in [3.8, 4) is 0 Å². The van der Waals surface area contributed by atoms with Gasteiger partial charge in [0.05, 0.1) is 24.0 Å². The first-order valence-electron chi connectivity index (χ1n) is 5.70. The quantitative estimate of drug-likeness (QED) is 0.687. The molecule has 1 atom stereocenters. The fraction of sp³-hybridized carbons (Fsp3) is 0.417. The fourth-order valence-electron chi connectivity index (χ4n) is 1.40. The minimum atomic E-state index is -0.934. The Kier molecular flexibility index (Phi) is 5.26. The van der Waals surface area contributed by atoms with Crippen molar-refractivity contribution in [2.24, 2.45) is 11.7 Å². The summed E-state index contributed by atoms with van der Waals surface area (Å²) in [6.45, 7) is 2.26. The van der Waals surface area contributed by atoms with Crippen LogP contribution in [0.1, 0.15) is 19.0 Å². The fourth-order valence-corrected chi connectivity index (χ4v) is 1.40. The summed E-state index contributed by atoms with van der Waals surface area (Å²) in [5.41, 5.74) is 6.39. The number of carbonyl (C=O) groups excluding carboxylic acids is 1. The minimum absolute atomic E-state index is 0.117. The molecule has 0 aliphatic rings. The Morgan fingerprint density at radius 2 is 2.22 bits per heavy atom. The number of aliphatic carboxylic acids is 1. The molecule has 0 saturated heterocycles. The number of hydrogen-bond acceptors (Lipinski definition) is 4. The van der Waals surface area contributed by atoms with Crippen molar-refractivity contribution in [1.82, 2.24) is 4.98 Å². The average Bonchev–Trinajstić information content (AvgIpc) is 2.31. The maximum absolute atomic E-state index is 11.7. The lowest BCUT2D eigenvalue weighted by molar-refractivity contribution is -0.136. The number of nitrogens with two attached hydrogens (primary N) is 1. The number of rotatable bonds is 6. The summed E-state index contributed by atoms with van der Waals surface area (Å²) in [4.78, 5) is 26.1. The van der Waals surface area contributed by atoms with Crippen LogP contribution in [0.5, 0.6) is 0 Å². The lowest BCUT2D eigenvalue weighted by Gasteiger charge is -2.10. The number of carbonyl (C=O) groups is 2. The van der Waals surface area contributed by atoms with Gasteiger partial charge < -0.3 is 16.2 Å². The SMILES string of the molecule is CC(CCN)C(=O)Nc1ccc(CC(=O)O)nc1. The van der Waals surface area contributed by atoms with Crippen LogP contribution in [0, 0.1) is 5.92 Å². The number of nitrogens with zero attached hydrogens (tertiary/aromatic N) is 1. The third-order valence-corrected chi connectivity index (χ3v) is 2.47. The number of hydrogen-bond donors (Lipinski definition) is 3. The predicted molar refractivity (Wildman–Crippen MR) is 67.0 cm³/mol. The second-order valence-electron chi connectivity index (χ2n) is 4.08. The Balaban J connectivity index is 2.58. The third kappa shape index (κ3) is 4.50. The van der Waals surface area contributed by atoms with E-state index in [1.165, 1.54) is 6.20 Å². The lowest BCUT2D eigenvalue weighted by Crippen LogP contribution is -2.22. The Hall–Kier alpha value is -1.95. The second kappa shape index (κ2) is 6.70. The maximum atomic E-state index is 11.7. The highest BCUT2D eigenvalue weighted by Gasteiger charge is 2.12. The van der Waals surface area contributed by atoms with Gasteiger partial charge in [0.25, 0.3) is 0 Å². The number of anilines is 1. The Morgan fingerprint density at radius 1 is 1.50 bits per heavy atom. The number of nitrogens with one attached hydrogen (secondary N) is 1. The van der Waals surface area contributed by atoms with Crippen LogP contribution in [0.15, 0.2) is 18.3 Å². The van der Waals surface area contributed by atoms with E-state index in [9.17, 15) is 9.59 Å². The van der Waals surface area contributed by atoms with E-state index in [-0.39, 0.29) is 18.2 Å². The third-order valence-electron chi connectivity index (χ3n) is 2.47. The second-order valence-corrected chi connectivity index (χ2v) is 4.08. The smallest absolute Gasteiger partial charge is 0.309 e. The molecule has 1 amide bonds. The highest BCUT2D eigenvalue weighted by molar-refractivity contribution is 5.92. The van der Waals surface area contributed by atoms with Gasteiger partial charge in [0, 0.05) is 5.92 Å². The van der Waals surface area contributed by atoms with Gasteiger partial charge in [0.1, 0.15) is 0 Å². The molecule has 6 nitrogen and oxygen atoms in total. The first kappa shape index (κ1) is 14.1. The predicted octanol–water partition coefficient (Wildman–Crippen LogP) is 0.632. The molecular weight excluding hydrogens is 234 g/mol. The molecule has 0 radical (unpaired) electrons. The first-order chi connectivity index (χ1) is 8.52. The topological polar surface area (TPSA) is 105 Å². The van der Waals surface area contributed by atoms with Gasteiger partial charge >= 0.3 is 5.97 Å². The molecular formula is C12H17N3O3. The van der Waals surface area contributed by atoms with Gasteiger partial charge in [-0.1, -0.05) is 6.92 Å². The monoisotopic (exact) mass is 251 g/mol. The molecule has 1 aromatic heterocycles. The first-order valence-corrected chi connectivity index (χ1v) is 5.70. The standard InChI is InChI=1S/C12H17N3O3/c1-8(4-5-13)12(18)15-10-3-2-9(14-7-10)6-11(16)17/h2-3,7-8H,4-6,13H2,1H3,(H,15,18)(H,16,17). The van der Waals surface area contributed by atoms with Crippen LogP contribution >= 0.6 is 0 Å². The van der Waals surface area contributed by atoms with Crippen LogP contribution in [0.4, 0.5) is 5.69 Å². The van der Waals surface area contributed by atoms with E-state index >= 15 is 0 Å². The Bertz CT molecular complexity index is 417. The van der Waals surface area contributed by atoms with Crippen LogP contribution in [-0.4, -0.2) is 28.5 Å². The summed E-state index contributed by atoms with van der Waals surface area (Å²) in [7, 11) is 0. The molecule has 1 aromatic rings. The van der Waals surface area contributed by atoms with Crippen LogP contribution in [0.2, 0.25) is 0 Å². The number of carboxylic acids is 1. The van der Waals surface area contributed by atoms with Gasteiger partial charge in [0.15, 0.2) is 0 Å². The molecule has 0 aliphatic heterocycles. The highest BCUT2D eigenvalue weighted by Crippen LogP contribution is 2.10. The van der Waals surface area contributed by atoms with E-state index in [1.807, 2.05) is 0 Å². The molecule has 0 aliphatic carbocycles. The van der Waals surface area contributed by atoms with Gasteiger partial charge in [0.2, 0.25) is 5.91 Å². The van der Waals surface area contributed by atoms with Crippen LogP contribution in [0.25, 0.3) is 0 Å². The summed E-state index contributed by atoms with van der Waals surface area (Å²) in [5.74, 6) is -1.21.